The van der Waals surface area contributed by atoms with Gasteiger partial charge in [-0.25, -0.2) is 0 Å². The number of nitrogens with one attached hydrogen (secondary N) is 1. The minimum atomic E-state index is 0.294. The van der Waals surface area contributed by atoms with Gasteiger partial charge in [0.15, 0.2) is 0 Å². The van der Waals surface area contributed by atoms with E-state index in [-0.39, 0.29) is 0 Å². The third kappa shape index (κ3) is 4.58. The fourth-order valence-electron chi connectivity index (χ4n) is 2.68. The highest BCUT2D eigenvalue weighted by Gasteiger charge is 2.28. The van der Waals surface area contributed by atoms with E-state index in [1.54, 1.807) is 0 Å². The zero-order chi connectivity index (χ0) is 13.4. The fourth-order valence-corrected chi connectivity index (χ4v) is 2.68. The first-order valence-electron chi connectivity index (χ1n) is 7.25. The van der Waals surface area contributed by atoms with Crippen LogP contribution in [0.15, 0.2) is 0 Å². The molecule has 4 nitrogen and oxygen atoms in total. The first-order chi connectivity index (χ1) is 8.72. The smallest absolute Gasteiger partial charge is 0.222 e. The number of likely N-dealkylation sites (tertiary alicyclic amines) is 1. The molecule has 0 aliphatic carbocycles. The van der Waals surface area contributed by atoms with Crippen LogP contribution in [0.2, 0.25) is 0 Å². The van der Waals surface area contributed by atoms with Gasteiger partial charge < -0.3 is 15.0 Å². The molecule has 18 heavy (non-hydrogen) atoms. The predicted molar refractivity (Wildman–Crippen MR) is 73.6 cm³/mol. The summed E-state index contributed by atoms with van der Waals surface area (Å²) < 4.78 is 5.27. The van der Waals surface area contributed by atoms with Crippen LogP contribution < -0.4 is 5.32 Å². The quantitative estimate of drug-likeness (QED) is 0.704. The molecule has 1 N–H and O–H groups in total. The average Bonchev–Trinajstić information content (AvgIpc) is 2.42. The van der Waals surface area contributed by atoms with Crippen LogP contribution in [0.25, 0.3) is 0 Å². The van der Waals surface area contributed by atoms with Gasteiger partial charge in [-0.3, -0.25) is 4.79 Å². The molecule has 4 heteroatoms. The van der Waals surface area contributed by atoms with Crippen molar-refractivity contribution in [1.29, 1.82) is 0 Å². The summed E-state index contributed by atoms with van der Waals surface area (Å²) in [7, 11) is 2.02. The van der Waals surface area contributed by atoms with Crippen LogP contribution in [-0.2, 0) is 9.53 Å². The molecule has 0 radical (unpaired) electrons. The van der Waals surface area contributed by atoms with Gasteiger partial charge in [0, 0.05) is 38.8 Å². The summed E-state index contributed by atoms with van der Waals surface area (Å²) in [5.74, 6) is 0.891. The third-order valence-electron chi connectivity index (χ3n) is 3.87. The van der Waals surface area contributed by atoms with E-state index in [0.29, 0.717) is 30.9 Å². The zero-order valence-electron chi connectivity index (χ0n) is 12.1. The van der Waals surface area contributed by atoms with Gasteiger partial charge in [0.25, 0.3) is 0 Å². The van der Waals surface area contributed by atoms with Crippen LogP contribution in [-0.4, -0.2) is 50.2 Å². The second kappa shape index (κ2) is 8.48. The van der Waals surface area contributed by atoms with E-state index in [2.05, 4.69) is 12.2 Å². The fraction of sp³-hybridized carbons (Fsp3) is 0.929. The van der Waals surface area contributed by atoms with Gasteiger partial charge >= 0.3 is 0 Å². The summed E-state index contributed by atoms with van der Waals surface area (Å²) in [5, 5.41) is 3.37. The highest BCUT2D eigenvalue weighted by molar-refractivity contribution is 5.76. The van der Waals surface area contributed by atoms with Gasteiger partial charge in [-0.15, -0.1) is 0 Å². The first kappa shape index (κ1) is 15.4. The van der Waals surface area contributed by atoms with Crippen molar-refractivity contribution in [3.05, 3.63) is 0 Å². The minimum Gasteiger partial charge on any atom is -0.382 e. The van der Waals surface area contributed by atoms with Crippen molar-refractivity contribution in [2.75, 3.05) is 33.4 Å². The lowest BCUT2D eigenvalue weighted by molar-refractivity contribution is -0.133. The Morgan fingerprint density at radius 2 is 2.22 bits per heavy atom. The lowest BCUT2D eigenvalue weighted by Gasteiger charge is -2.38. The van der Waals surface area contributed by atoms with Gasteiger partial charge in [-0.05, 0) is 32.7 Å². The topological polar surface area (TPSA) is 41.6 Å². The van der Waals surface area contributed by atoms with Crippen molar-refractivity contribution < 1.29 is 9.53 Å². The standard InChI is InChI=1S/C14H28N2O2/c1-4-12-11-16(9-8-13(12)15-3)14(17)7-6-10-18-5-2/h12-13,15H,4-11H2,1-3H3. The molecule has 0 aromatic rings. The zero-order valence-corrected chi connectivity index (χ0v) is 12.1. The number of carbonyl (C=O) groups excluding carboxylic acids is 1. The maximum Gasteiger partial charge on any atom is 0.222 e. The second-order valence-corrected chi connectivity index (χ2v) is 4.99. The van der Waals surface area contributed by atoms with E-state index in [0.717, 1.165) is 39.0 Å². The van der Waals surface area contributed by atoms with Crippen molar-refractivity contribution >= 4 is 5.91 Å². The number of ether oxygens (including phenoxy) is 1. The number of carbonyl (C=O) groups is 1. The Balaban J connectivity index is 2.31. The number of rotatable bonds is 7. The molecule has 1 aliphatic rings. The molecule has 1 rings (SSSR count). The molecule has 0 aromatic carbocycles. The maximum atomic E-state index is 12.1. The first-order valence-corrected chi connectivity index (χ1v) is 7.25. The molecule has 0 bridgehead atoms. The van der Waals surface area contributed by atoms with Crippen LogP contribution in [0, 0.1) is 5.92 Å². The van der Waals surface area contributed by atoms with Crippen LogP contribution in [0.3, 0.4) is 0 Å². The summed E-state index contributed by atoms with van der Waals surface area (Å²) in [5.41, 5.74) is 0. The van der Waals surface area contributed by atoms with Gasteiger partial charge in [0.05, 0.1) is 0 Å². The van der Waals surface area contributed by atoms with Gasteiger partial charge in [0.1, 0.15) is 0 Å². The molecule has 2 atom stereocenters. The Morgan fingerprint density at radius 1 is 1.44 bits per heavy atom. The molecule has 1 aliphatic heterocycles. The molecule has 1 heterocycles. The molecular formula is C14H28N2O2. The average molecular weight is 256 g/mol. The number of piperidine rings is 1. The summed E-state index contributed by atoms with van der Waals surface area (Å²) in [6.45, 7) is 7.44. The van der Waals surface area contributed by atoms with Crippen LogP contribution in [0.5, 0.6) is 0 Å². The van der Waals surface area contributed by atoms with E-state index >= 15 is 0 Å². The normalized spacial score (nSPS) is 24.3. The summed E-state index contributed by atoms with van der Waals surface area (Å²) in [4.78, 5) is 14.1. The Morgan fingerprint density at radius 3 is 2.83 bits per heavy atom. The highest BCUT2D eigenvalue weighted by Crippen LogP contribution is 2.20. The number of nitrogens with zero attached hydrogens (tertiary/aromatic N) is 1. The number of amides is 1. The van der Waals surface area contributed by atoms with Gasteiger partial charge in [-0.2, -0.15) is 0 Å². The second-order valence-electron chi connectivity index (χ2n) is 4.99. The lowest BCUT2D eigenvalue weighted by atomic mass is 9.90. The molecule has 0 spiro atoms. The van der Waals surface area contributed by atoms with Crippen LogP contribution >= 0.6 is 0 Å². The van der Waals surface area contributed by atoms with Crippen molar-refractivity contribution in [3.8, 4) is 0 Å². The monoisotopic (exact) mass is 256 g/mol. The predicted octanol–water partition coefficient (Wildman–Crippen LogP) is 1.65. The molecule has 1 amide bonds. The highest BCUT2D eigenvalue weighted by atomic mass is 16.5. The van der Waals surface area contributed by atoms with Crippen LogP contribution in [0.1, 0.15) is 39.5 Å². The van der Waals surface area contributed by atoms with Crippen molar-refractivity contribution in [2.45, 2.75) is 45.6 Å². The Hall–Kier alpha value is -0.610. The molecule has 0 saturated carbocycles. The SMILES string of the molecule is CCOCCCC(=O)N1CCC(NC)C(CC)C1. The number of hydrogen-bond donors (Lipinski definition) is 1. The molecule has 0 aromatic heterocycles. The summed E-state index contributed by atoms with van der Waals surface area (Å²) in [6.07, 6.45) is 3.68. The molecule has 106 valence electrons. The van der Waals surface area contributed by atoms with Crippen molar-refractivity contribution in [1.82, 2.24) is 10.2 Å². The third-order valence-corrected chi connectivity index (χ3v) is 3.87. The van der Waals surface area contributed by atoms with E-state index in [1.807, 2.05) is 18.9 Å². The lowest BCUT2D eigenvalue weighted by Crippen LogP contribution is -2.50. The maximum absolute atomic E-state index is 12.1. The molecule has 1 fully saturated rings. The van der Waals surface area contributed by atoms with Crippen LogP contribution in [0.4, 0.5) is 0 Å². The van der Waals surface area contributed by atoms with Crippen molar-refractivity contribution in [3.63, 3.8) is 0 Å². The molecule has 2 unspecified atom stereocenters. The largest absolute Gasteiger partial charge is 0.382 e. The molecular weight excluding hydrogens is 228 g/mol. The molecule has 1 saturated heterocycles. The minimum absolute atomic E-state index is 0.294. The Bertz CT molecular complexity index is 246. The number of hydrogen-bond acceptors (Lipinski definition) is 3. The van der Waals surface area contributed by atoms with E-state index in [9.17, 15) is 4.79 Å². The van der Waals surface area contributed by atoms with Crippen molar-refractivity contribution in [2.24, 2.45) is 5.92 Å². The Labute approximate surface area is 111 Å². The summed E-state index contributed by atoms with van der Waals surface area (Å²) in [6, 6.07) is 0.572. The summed E-state index contributed by atoms with van der Waals surface area (Å²) >= 11 is 0. The van der Waals surface area contributed by atoms with E-state index in [1.165, 1.54) is 0 Å². The van der Waals surface area contributed by atoms with E-state index in [4.69, 9.17) is 4.74 Å². The van der Waals surface area contributed by atoms with E-state index < -0.39 is 0 Å². The van der Waals surface area contributed by atoms with Gasteiger partial charge in [0.2, 0.25) is 5.91 Å². The Kier molecular flexibility index (Phi) is 7.28. The van der Waals surface area contributed by atoms with Gasteiger partial charge in [-0.1, -0.05) is 13.3 Å².